The number of methoxy groups -OCH3 is 1. The quantitative estimate of drug-likeness (QED) is 0.730. The summed E-state index contributed by atoms with van der Waals surface area (Å²) in [7, 11) is 1.39. The Balaban J connectivity index is 2.36. The number of thiophene rings is 1. The number of carbonyl (C=O) groups is 1. The Hall–Kier alpha value is -0.910. The van der Waals surface area contributed by atoms with Gasteiger partial charge in [-0.3, -0.25) is 4.79 Å². The van der Waals surface area contributed by atoms with Crippen molar-refractivity contribution in [1.29, 1.82) is 0 Å². The summed E-state index contributed by atoms with van der Waals surface area (Å²) in [5.41, 5.74) is 0. The lowest BCUT2D eigenvalue weighted by atomic mass is 10.3. The van der Waals surface area contributed by atoms with Crippen LogP contribution in [0.25, 0.3) is 0 Å². The van der Waals surface area contributed by atoms with Gasteiger partial charge < -0.3 is 15.2 Å². The Bertz CT molecular complexity index is 336. The van der Waals surface area contributed by atoms with E-state index in [1.165, 1.54) is 7.11 Å². The van der Waals surface area contributed by atoms with Gasteiger partial charge in [0.15, 0.2) is 0 Å². The molecule has 0 bridgehead atoms. The van der Waals surface area contributed by atoms with Gasteiger partial charge in [0.2, 0.25) is 0 Å². The fourth-order valence-electron chi connectivity index (χ4n) is 1.23. The Labute approximate surface area is 99.2 Å². The average Bonchev–Trinajstić information content (AvgIpc) is 2.65. The van der Waals surface area contributed by atoms with Gasteiger partial charge in [0.25, 0.3) is 0 Å². The van der Waals surface area contributed by atoms with Gasteiger partial charge in [-0.2, -0.15) is 0 Å². The molecule has 5 heteroatoms. The number of ether oxygens (including phenoxy) is 1. The molecule has 1 atom stereocenters. The molecule has 1 aromatic heterocycles. The maximum absolute atomic E-state index is 11.0. The number of esters is 1. The van der Waals surface area contributed by atoms with Crippen LogP contribution in [0.2, 0.25) is 0 Å². The number of nitrogens with one attached hydrogen (secondary N) is 1. The first kappa shape index (κ1) is 13.2. The smallest absolute Gasteiger partial charge is 0.310 e. The van der Waals surface area contributed by atoms with Crippen molar-refractivity contribution in [1.82, 2.24) is 5.32 Å². The van der Waals surface area contributed by atoms with E-state index in [0.29, 0.717) is 13.0 Å². The minimum absolute atomic E-state index is 0.217. The van der Waals surface area contributed by atoms with Crippen molar-refractivity contribution in [2.45, 2.75) is 26.0 Å². The Morgan fingerprint density at radius 3 is 2.88 bits per heavy atom. The van der Waals surface area contributed by atoms with E-state index in [-0.39, 0.29) is 12.1 Å². The minimum Gasteiger partial charge on any atom is -0.469 e. The second-order valence-corrected chi connectivity index (χ2v) is 4.85. The average molecular weight is 243 g/mol. The third-order valence-electron chi connectivity index (χ3n) is 2.00. The molecule has 0 aliphatic carbocycles. The highest BCUT2D eigenvalue weighted by molar-refractivity contribution is 7.12. The molecule has 0 radical (unpaired) electrons. The molecule has 4 nitrogen and oxygen atoms in total. The number of carbonyl (C=O) groups excluding carboxylic acids is 1. The molecule has 1 rings (SSSR count). The summed E-state index contributed by atoms with van der Waals surface area (Å²) in [6, 6.07) is 3.92. The minimum atomic E-state index is -0.338. The van der Waals surface area contributed by atoms with Crippen LogP contribution in [0.15, 0.2) is 12.1 Å². The second kappa shape index (κ2) is 6.62. The molecule has 0 amide bonds. The van der Waals surface area contributed by atoms with Crippen molar-refractivity contribution in [3.05, 3.63) is 21.9 Å². The van der Waals surface area contributed by atoms with Gasteiger partial charge in [0.1, 0.15) is 0 Å². The van der Waals surface area contributed by atoms with Gasteiger partial charge in [-0.05, 0) is 19.1 Å². The van der Waals surface area contributed by atoms with Crippen LogP contribution in [-0.2, 0) is 22.5 Å². The van der Waals surface area contributed by atoms with Gasteiger partial charge >= 0.3 is 5.97 Å². The number of hydrogen-bond acceptors (Lipinski definition) is 5. The molecule has 0 saturated carbocycles. The van der Waals surface area contributed by atoms with Crippen LogP contribution in [0.4, 0.5) is 0 Å². The Kier molecular flexibility index (Phi) is 5.45. The highest BCUT2D eigenvalue weighted by Gasteiger charge is 2.06. The van der Waals surface area contributed by atoms with Gasteiger partial charge in [-0.15, -0.1) is 11.3 Å². The summed E-state index contributed by atoms with van der Waals surface area (Å²) in [6.45, 7) is 3.03. The summed E-state index contributed by atoms with van der Waals surface area (Å²) < 4.78 is 4.60. The zero-order chi connectivity index (χ0) is 12.0. The number of aliphatic hydroxyl groups is 1. The van der Waals surface area contributed by atoms with E-state index >= 15 is 0 Å². The van der Waals surface area contributed by atoms with Crippen molar-refractivity contribution in [3.63, 3.8) is 0 Å². The first-order chi connectivity index (χ1) is 7.61. The van der Waals surface area contributed by atoms with Crippen LogP contribution in [0, 0.1) is 0 Å². The first-order valence-electron chi connectivity index (χ1n) is 5.15. The van der Waals surface area contributed by atoms with Crippen molar-refractivity contribution >= 4 is 17.3 Å². The van der Waals surface area contributed by atoms with Crippen LogP contribution in [-0.4, -0.2) is 30.8 Å². The predicted octanol–water partition coefficient (Wildman–Crippen LogP) is 0.934. The van der Waals surface area contributed by atoms with Crippen LogP contribution < -0.4 is 5.32 Å². The van der Waals surface area contributed by atoms with Crippen LogP contribution >= 0.6 is 11.3 Å². The number of rotatable bonds is 6. The monoisotopic (exact) mass is 243 g/mol. The SMILES string of the molecule is COC(=O)Cc1ccc(CNC[C@H](C)O)s1. The van der Waals surface area contributed by atoms with Gasteiger partial charge in [-0.1, -0.05) is 0 Å². The molecule has 1 aromatic rings. The second-order valence-electron chi connectivity index (χ2n) is 3.60. The van der Waals surface area contributed by atoms with Crippen molar-refractivity contribution < 1.29 is 14.6 Å². The molecule has 2 N–H and O–H groups in total. The Morgan fingerprint density at radius 2 is 2.25 bits per heavy atom. The van der Waals surface area contributed by atoms with E-state index in [4.69, 9.17) is 5.11 Å². The van der Waals surface area contributed by atoms with Crippen LogP contribution in [0.3, 0.4) is 0 Å². The molecular weight excluding hydrogens is 226 g/mol. The molecule has 0 aromatic carbocycles. The van der Waals surface area contributed by atoms with Gasteiger partial charge in [0.05, 0.1) is 19.6 Å². The normalized spacial score (nSPS) is 12.4. The van der Waals surface area contributed by atoms with E-state index < -0.39 is 0 Å². The van der Waals surface area contributed by atoms with E-state index in [9.17, 15) is 4.79 Å². The van der Waals surface area contributed by atoms with E-state index in [2.05, 4.69) is 10.1 Å². The largest absolute Gasteiger partial charge is 0.469 e. The highest BCUT2D eigenvalue weighted by Crippen LogP contribution is 2.17. The van der Waals surface area contributed by atoms with Crippen LogP contribution in [0.1, 0.15) is 16.7 Å². The van der Waals surface area contributed by atoms with Crippen LogP contribution in [0.5, 0.6) is 0 Å². The lowest BCUT2D eigenvalue weighted by Crippen LogP contribution is -2.23. The van der Waals surface area contributed by atoms with E-state index in [1.807, 2.05) is 12.1 Å². The van der Waals surface area contributed by atoms with Gasteiger partial charge in [-0.25, -0.2) is 0 Å². The summed E-state index contributed by atoms with van der Waals surface area (Å²) in [5, 5.41) is 12.2. The lowest BCUT2D eigenvalue weighted by molar-refractivity contribution is -0.139. The molecule has 0 spiro atoms. The topological polar surface area (TPSA) is 58.6 Å². The standard InChI is InChI=1S/C11H17NO3S/c1-8(13)6-12-7-10-4-3-9(16-10)5-11(14)15-2/h3-4,8,12-13H,5-7H2,1-2H3/t8-/m0/s1. The molecule has 0 fully saturated rings. The lowest BCUT2D eigenvalue weighted by Gasteiger charge is -2.04. The zero-order valence-corrected chi connectivity index (χ0v) is 10.3. The van der Waals surface area contributed by atoms with Gasteiger partial charge in [0, 0.05) is 22.8 Å². The molecule has 0 aliphatic heterocycles. The summed E-state index contributed by atoms with van der Waals surface area (Å²) >= 11 is 1.58. The van der Waals surface area contributed by atoms with E-state index in [1.54, 1.807) is 18.3 Å². The third kappa shape index (κ3) is 4.74. The molecular formula is C11H17NO3S. The maximum atomic E-state index is 11.0. The summed E-state index contributed by atoms with van der Waals surface area (Å²) in [5.74, 6) is -0.217. The molecule has 0 saturated heterocycles. The van der Waals surface area contributed by atoms with Crippen molar-refractivity contribution in [2.24, 2.45) is 0 Å². The maximum Gasteiger partial charge on any atom is 0.310 e. The highest BCUT2D eigenvalue weighted by atomic mass is 32.1. The zero-order valence-electron chi connectivity index (χ0n) is 9.53. The summed E-state index contributed by atoms with van der Waals surface area (Å²) in [6.07, 6.45) is -0.00750. The van der Waals surface area contributed by atoms with Crippen molar-refractivity contribution in [2.75, 3.05) is 13.7 Å². The number of aliphatic hydroxyl groups excluding tert-OH is 1. The first-order valence-corrected chi connectivity index (χ1v) is 5.96. The fourth-order valence-corrected chi connectivity index (χ4v) is 2.20. The molecule has 0 unspecified atom stereocenters. The van der Waals surface area contributed by atoms with E-state index in [0.717, 1.165) is 16.3 Å². The molecule has 16 heavy (non-hydrogen) atoms. The fraction of sp³-hybridized carbons (Fsp3) is 0.545. The predicted molar refractivity (Wildman–Crippen MR) is 63.4 cm³/mol. The third-order valence-corrected chi connectivity index (χ3v) is 3.09. The molecule has 1 heterocycles. The number of hydrogen-bond donors (Lipinski definition) is 2. The molecule has 90 valence electrons. The van der Waals surface area contributed by atoms with Crippen molar-refractivity contribution in [3.8, 4) is 0 Å². The summed E-state index contributed by atoms with van der Waals surface area (Å²) in [4.78, 5) is 13.2. The Morgan fingerprint density at radius 1 is 1.56 bits per heavy atom. The molecule has 0 aliphatic rings.